The van der Waals surface area contributed by atoms with Gasteiger partial charge in [0.15, 0.2) is 0 Å². The molecule has 0 radical (unpaired) electrons. The van der Waals surface area contributed by atoms with Crippen LogP contribution in [0.4, 0.5) is 0 Å². The van der Waals surface area contributed by atoms with Crippen LogP contribution in [0, 0.1) is 0 Å². The Bertz CT molecular complexity index is 1000. The van der Waals surface area contributed by atoms with Crippen molar-refractivity contribution < 1.29 is 8.42 Å². The zero-order valence-corrected chi connectivity index (χ0v) is 15.2. The number of benzene rings is 1. The van der Waals surface area contributed by atoms with Crippen molar-refractivity contribution in [2.75, 3.05) is 0 Å². The Morgan fingerprint density at radius 3 is 2.48 bits per heavy atom. The van der Waals surface area contributed by atoms with Crippen molar-refractivity contribution in [3.63, 3.8) is 0 Å². The molecule has 2 heterocycles. The maximum absolute atomic E-state index is 12.4. The Hall–Kier alpha value is -2.29. The summed E-state index contributed by atoms with van der Waals surface area (Å²) >= 11 is 1.11. The minimum absolute atomic E-state index is 0.209. The highest BCUT2D eigenvalue weighted by atomic mass is 32.2. The Morgan fingerprint density at radius 2 is 1.84 bits per heavy atom. The Kier molecular flexibility index (Phi) is 5.12. The molecule has 0 amide bonds. The topological polar surface area (TPSA) is 91.9 Å². The van der Waals surface area contributed by atoms with Gasteiger partial charge in [0, 0.05) is 23.6 Å². The van der Waals surface area contributed by atoms with E-state index in [-0.39, 0.29) is 16.3 Å². The van der Waals surface area contributed by atoms with Gasteiger partial charge in [0.25, 0.3) is 5.56 Å². The normalized spacial score (nSPS) is 11.6. The van der Waals surface area contributed by atoms with Crippen LogP contribution in [0.25, 0.3) is 11.3 Å². The van der Waals surface area contributed by atoms with E-state index in [2.05, 4.69) is 21.8 Å². The zero-order valence-electron chi connectivity index (χ0n) is 13.5. The number of nitrogens with zero attached hydrogens (tertiary/aromatic N) is 1. The summed E-state index contributed by atoms with van der Waals surface area (Å²) in [5, 5.41) is 7.94. The summed E-state index contributed by atoms with van der Waals surface area (Å²) < 4.78 is 27.7. The summed E-state index contributed by atoms with van der Waals surface area (Å²) in [7, 11) is -3.60. The number of aromatic nitrogens is 2. The van der Waals surface area contributed by atoms with Gasteiger partial charge in [-0.1, -0.05) is 31.2 Å². The lowest BCUT2D eigenvalue weighted by atomic mass is 10.1. The molecule has 0 bridgehead atoms. The number of sulfonamides is 1. The molecule has 3 aromatic rings. The van der Waals surface area contributed by atoms with Gasteiger partial charge in [-0.05, 0) is 29.7 Å². The van der Waals surface area contributed by atoms with Crippen LogP contribution in [0.3, 0.4) is 0 Å². The molecule has 0 fully saturated rings. The second-order valence-corrected chi connectivity index (χ2v) is 8.36. The van der Waals surface area contributed by atoms with E-state index in [1.54, 1.807) is 17.5 Å². The molecule has 0 aliphatic carbocycles. The lowest BCUT2D eigenvalue weighted by Gasteiger charge is -2.05. The van der Waals surface area contributed by atoms with Gasteiger partial charge < -0.3 is 0 Å². The van der Waals surface area contributed by atoms with Crippen molar-refractivity contribution in [1.29, 1.82) is 0 Å². The Balaban J connectivity index is 1.73. The first-order chi connectivity index (χ1) is 12.0. The third-order valence-electron chi connectivity index (χ3n) is 3.71. The van der Waals surface area contributed by atoms with Gasteiger partial charge >= 0.3 is 0 Å². The lowest BCUT2D eigenvalue weighted by molar-refractivity contribution is 0.583. The maximum Gasteiger partial charge on any atom is 0.264 e. The van der Waals surface area contributed by atoms with Crippen molar-refractivity contribution in [3.05, 3.63) is 69.3 Å². The van der Waals surface area contributed by atoms with Crippen LogP contribution in [0.2, 0.25) is 0 Å². The van der Waals surface area contributed by atoms with E-state index in [0.717, 1.165) is 23.3 Å². The van der Waals surface area contributed by atoms with Crippen molar-refractivity contribution in [3.8, 4) is 11.3 Å². The number of nitrogens with one attached hydrogen (secondary N) is 2. The van der Waals surface area contributed by atoms with Gasteiger partial charge in [-0.25, -0.2) is 18.2 Å². The second kappa shape index (κ2) is 7.30. The molecule has 8 heteroatoms. The third kappa shape index (κ3) is 4.22. The minimum Gasteiger partial charge on any atom is -0.268 e. The van der Waals surface area contributed by atoms with E-state index in [0.29, 0.717) is 11.3 Å². The highest BCUT2D eigenvalue weighted by Crippen LogP contribution is 2.26. The minimum atomic E-state index is -3.60. The first kappa shape index (κ1) is 17.5. The number of rotatable bonds is 6. The standard InChI is InChI=1S/C17H17N3O3S2/c1-2-12-3-5-13(6-4-12)10-18-25(22,23)17-9-14(11-24-17)15-7-8-16(21)20-19-15/h3-9,11,18H,2,10H2,1H3,(H,20,21). The highest BCUT2D eigenvalue weighted by molar-refractivity contribution is 7.91. The SMILES string of the molecule is CCc1ccc(CNS(=O)(=O)c2cc(-c3ccc(=O)[nH]n3)cs2)cc1. The third-order valence-corrected chi connectivity index (χ3v) is 6.55. The molecular formula is C17H17N3O3S2. The maximum atomic E-state index is 12.4. The summed E-state index contributed by atoms with van der Waals surface area (Å²) in [6.07, 6.45) is 0.947. The van der Waals surface area contributed by atoms with Gasteiger partial charge in [-0.15, -0.1) is 11.3 Å². The molecule has 0 saturated carbocycles. The molecule has 0 aliphatic heterocycles. The summed E-state index contributed by atoms with van der Waals surface area (Å²) in [5.74, 6) is 0. The van der Waals surface area contributed by atoms with E-state index < -0.39 is 10.0 Å². The summed E-state index contributed by atoms with van der Waals surface area (Å²) in [6, 6.07) is 12.3. The number of H-pyrrole nitrogens is 1. The van der Waals surface area contributed by atoms with Crippen LogP contribution >= 0.6 is 11.3 Å². The van der Waals surface area contributed by atoms with Crippen LogP contribution in [0.1, 0.15) is 18.1 Å². The monoisotopic (exact) mass is 375 g/mol. The average molecular weight is 375 g/mol. The fraction of sp³-hybridized carbons (Fsp3) is 0.176. The van der Waals surface area contributed by atoms with Crippen molar-refractivity contribution in [2.45, 2.75) is 24.1 Å². The zero-order chi connectivity index (χ0) is 17.9. The number of hydrogen-bond acceptors (Lipinski definition) is 5. The van der Waals surface area contributed by atoms with E-state index in [1.807, 2.05) is 24.3 Å². The average Bonchev–Trinajstić information content (AvgIpc) is 3.12. The van der Waals surface area contributed by atoms with Crippen molar-refractivity contribution in [2.24, 2.45) is 0 Å². The number of hydrogen-bond donors (Lipinski definition) is 2. The van der Waals surface area contributed by atoms with Crippen molar-refractivity contribution in [1.82, 2.24) is 14.9 Å². The van der Waals surface area contributed by atoms with E-state index in [1.165, 1.54) is 11.6 Å². The predicted molar refractivity (Wildman–Crippen MR) is 98.0 cm³/mol. The van der Waals surface area contributed by atoms with Gasteiger partial charge in [0.2, 0.25) is 10.0 Å². The molecule has 0 spiro atoms. The molecule has 6 nitrogen and oxygen atoms in total. The fourth-order valence-electron chi connectivity index (χ4n) is 2.24. The van der Waals surface area contributed by atoms with Gasteiger partial charge in [0.1, 0.15) is 4.21 Å². The molecule has 3 rings (SSSR count). The van der Waals surface area contributed by atoms with Crippen LogP contribution in [-0.2, 0) is 23.0 Å². The molecule has 0 aliphatic rings. The molecule has 25 heavy (non-hydrogen) atoms. The largest absolute Gasteiger partial charge is 0.268 e. The van der Waals surface area contributed by atoms with E-state index in [9.17, 15) is 13.2 Å². The van der Waals surface area contributed by atoms with E-state index in [4.69, 9.17) is 0 Å². The molecule has 130 valence electrons. The molecule has 0 saturated heterocycles. The lowest BCUT2D eigenvalue weighted by Crippen LogP contribution is -2.22. The quantitative estimate of drug-likeness (QED) is 0.692. The summed E-state index contributed by atoms with van der Waals surface area (Å²) in [6.45, 7) is 2.31. The molecule has 2 N–H and O–H groups in total. The van der Waals surface area contributed by atoms with Gasteiger partial charge in [-0.3, -0.25) is 4.79 Å². The molecular weight excluding hydrogens is 358 g/mol. The Morgan fingerprint density at radius 1 is 1.12 bits per heavy atom. The number of aryl methyl sites for hydroxylation is 1. The van der Waals surface area contributed by atoms with Gasteiger partial charge in [0.05, 0.1) is 5.69 Å². The summed E-state index contributed by atoms with van der Waals surface area (Å²) in [5.41, 5.74) is 2.98. The molecule has 0 atom stereocenters. The van der Waals surface area contributed by atoms with Crippen LogP contribution < -0.4 is 10.3 Å². The van der Waals surface area contributed by atoms with Gasteiger partial charge in [-0.2, -0.15) is 5.10 Å². The smallest absolute Gasteiger partial charge is 0.264 e. The summed E-state index contributed by atoms with van der Waals surface area (Å²) in [4.78, 5) is 11.1. The molecule has 1 aromatic carbocycles. The number of aromatic amines is 1. The molecule has 0 unspecified atom stereocenters. The first-order valence-corrected chi connectivity index (χ1v) is 10.1. The van der Waals surface area contributed by atoms with Crippen molar-refractivity contribution >= 4 is 21.4 Å². The first-order valence-electron chi connectivity index (χ1n) is 7.70. The van der Waals surface area contributed by atoms with Crippen LogP contribution in [0.5, 0.6) is 0 Å². The number of thiophene rings is 1. The predicted octanol–water partition coefficient (Wildman–Crippen LogP) is 2.54. The highest BCUT2D eigenvalue weighted by Gasteiger charge is 2.17. The second-order valence-electron chi connectivity index (χ2n) is 5.46. The van der Waals surface area contributed by atoms with E-state index >= 15 is 0 Å². The van der Waals surface area contributed by atoms with Crippen LogP contribution in [-0.4, -0.2) is 18.6 Å². The fourth-order valence-corrected chi connectivity index (χ4v) is 4.48. The molecule has 2 aromatic heterocycles. The van der Waals surface area contributed by atoms with Crippen LogP contribution in [0.15, 0.2) is 56.8 Å². The Labute approximate surface area is 149 Å².